The van der Waals surface area contributed by atoms with Crippen LogP contribution in [0.15, 0.2) is 36.4 Å². The van der Waals surface area contributed by atoms with Gasteiger partial charge in [-0.1, -0.05) is 44.7 Å². The molecule has 0 bridgehead atoms. The number of benzene rings is 2. The molecule has 0 spiro atoms. The summed E-state index contributed by atoms with van der Waals surface area (Å²) in [5.41, 5.74) is 0.286. The molecule has 0 nitrogen and oxygen atoms in total. The van der Waals surface area contributed by atoms with E-state index in [9.17, 15) is 22.0 Å². The maximum Gasteiger partial charge on any atom is 0.416 e. The van der Waals surface area contributed by atoms with Gasteiger partial charge in [-0.15, -0.1) is 0 Å². The molecule has 0 heterocycles. The van der Waals surface area contributed by atoms with Gasteiger partial charge in [0, 0.05) is 12.0 Å². The Hall–Kier alpha value is -1.91. The quantitative estimate of drug-likeness (QED) is 0.309. The average molecular weight is 424 g/mol. The molecule has 2 aromatic carbocycles. The van der Waals surface area contributed by atoms with Crippen molar-refractivity contribution in [2.45, 2.75) is 76.8 Å². The summed E-state index contributed by atoms with van der Waals surface area (Å²) in [6.07, 6.45) is 4.59. The molecule has 3 rings (SSSR count). The normalized spacial score (nSPS) is 19.8. The van der Waals surface area contributed by atoms with Gasteiger partial charge >= 0.3 is 6.18 Å². The highest BCUT2D eigenvalue weighted by molar-refractivity contribution is 5.34. The predicted octanol–water partition coefficient (Wildman–Crippen LogP) is 8.43. The summed E-state index contributed by atoms with van der Waals surface area (Å²) in [6.45, 7) is 2.20. The number of alkyl halides is 3. The number of unbranched alkanes of at least 4 members (excludes halogenated alkanes) is 2. The standard InChI is InChI=1S/C25H29F5/c1-2-3-4-5-17-6-10-19(11-7-17)20-15-23(26)22(24(27)16-20)14-18-8-12-21(13-9-18)25(28,29)30/h8-9,12-13,15-17,19H,2-7,10-11,14H2,1H3. The van der Waals surface area contributed by atoms with E-state index in [0.29, 0.717) is 11.1 Å². The molecule has 1 aliphatic rings. The smallest absolute Gasteiger partial charge is 0.207 e. The molecule has 2 aromatic rings. The van der Waals surface area contributed by atoms with E-state index in [-0.39, 0.29) is 17.9 Å². The minimum Gasteiger partial charge on any atom is -0.207 e. The van der Waals surface area contributed by atoms with Gasteiger partial charge in [0.15, 0.2) is 0 Å². The fourth-order valence-corrected chi connectivity index (χ4v) is 4.51. The summed E-state index contributed by atoms with van der Waals surface area (Å²) in [7, 11) is 0. The minimum absolute atomic E-state index is 0.0692. The number of hydrogen-bond acceptors (Lipinski definition) is 0. The van der Waals surface area contributed by atoms with Crippen LogP contribution in [0.2, 0.25) is 0 Å². The van der Waals surface area contributed by atoms with Gasteiger partial charge in [0.1, 0.15) is 11.6 Å². The lowest BCUT2D eigenvalue weighted by atomic mass is 9.77. The molecule has 0 atom stereocenters. The van der Waals surface area contributed by atoms with E-state index >= 15 is 0 Å². The zero-order chi connectivity index (χ0) is 21.7. The van der Waals surface area contributed by atoms with E-state index in [4.69, 9.17) is 0 Å². The van der Waals surface area contributed by atoms with E-state index in [0.717, 1.165) is 43.7 Å². The third-order valence-corrected chi connectivity index (χ3v) is 6.36. The van der Waals surface area contributed by atoms with Crippen molar-refractivity contribution >= 4 is 0 Å². The van der Waals surface area contributed by atoms with Crippen LogP contribution >= 0.6 is 0 Å². The first kappa shape index (κ1) is 22.8. The van der Waals surface area contributed by atoms with Gasteiger partial charge in [0.05, 0.1) is 5.56 Å². The fraction of sp³-hybridized carbons (Fsp3) is 0.520. The Morgan fingerprint density at radius 3 is 2.00 bits per heavy atom. The highest BCUT2D eigenvalue weighted by Crippen LogP contribution is 2.39. The van der Waals surface area contributed by atoms with Gasteiger partial charge in [-0.05, 0) is 72.9 Å². The van der Waals surface area contributed by atoms with Gasteiger partial charge in [-0.3, -0.25) is 0 Å². The molecule has 0 aliphatic heterocycles. The molecule has 0 unspecified atom stereocenters. The van der Waals surface area contributed by atoms with Crippen LogP contribution in [-0.4, -0.2) is 0 Å². The molecule has 30 heavy (non-hydrogen) atoms. The molecule has 5 heteroatoms. The van der Waals surface area contributed by atoms with E-state index in [1.54, 1.807) is 0 Å². The van der Waals surface area contributed by atoms with Crippen molar-refractivity contribution in [1.29, 1.82) is 0 Å². The molecule has 164 valence electrons. The zero-order valence-corrected chi connectivity index (χ0v) is 17.4. The lowest BCUT2D eigenvalue weighted by molar-refractivity contribution is -0.137. The van der Waals surface area contributed by atoms with Crippen LogP contribution in [-0.2, 0) is 12.6 Å². The van der Waals surface area contributed by atoms with Crippen LogP contribution in [0.25, 0.3) is 0 Å². The van der Waals surface area contributed by atoms with Crippen LogP contribution in [0.5, 0.6) is 0 Å². The number of hydrogen-bond donors (Lipinski definition) is 0. The van der Waals surface area contributed by atoms with Gasteiger partial charge < -0.3 is 0 Å². The van der Waals surface area contributed by atoms with Crippen molar-refractivity contribution in [2.75, 3.05) is 0 Å². The van der Waals surface area contributed by atoms with E-state index in [1.807, 2.05) is 0 Å². The molecular weight excluding hydrogens is 395 g/mol. The highest BCUT2D eigenvalue weighted by Gasteiger charge is 2.30. The maximum atomic E-state index is 14.7. The second kappa shape index (κ2) is 9.93. The average Bonchev–Trinajstić information content (AvgIpc) is 2.71. The summed E-state index contributed by atoms with van der Waals surface area (Å²) >= 11 is 0. The Bertz CT molecular complexity index is 791. The topological polar surface area (TPSA) is 0 Å². The van der Waals surface area contributed by atoms with Crippen LogP contribution in [0.4, 0.5) is 22.0 Å². The Labute approximate surface area is 175 Å². The van der Waals surface area contributed by atoms with E-state index in [1.165, 1.54) is 49.9 Å². The maximum absolute atomic E-state index is 14.7. The van der Waals surface area contributed by atoms with Crippen LogP contribution in [0.3, 0.4) is 0 Å². The SMILES string of the molecule is CCCCCC1CCC(c2cc(F)c(Cc3ccc(C(F)(F)F)cc3)c(F)c2)CC1. The summed E-state index contributed by atoms with van der Waals surface area (Å²) < 4.78 is 67.4. The lowest BCUT2D eigenvalue weighted by Crippen LogP contribution is -2.14. The summed E-state index contributed by atoms with van der Waals surface area (Å²) in [5.74, 6) is -0.331. The fourth-order valence-electron chi connectivity index (χ4n) is 4.51. The largest absolute Gasteiger partial charge is 0.416 e. The van der Waals surface area contributed by atoms with Crippen molar-refractivity contribution in [2.24, 2.45) is 5.92 Å². The Morgan fingerprint density at radius 2 is 1.47 bits per heavy atom. The molecule has 1 fully saturated rings. The Kier molecular flexibility index (Phi) is 7.54. The molecule has 0 saturated heterocycles. The second-order valence-electron chi connectivity index (χ2n) is 8.55. The third kappa shape index (κ3) is 5.83. The van der Waals surface area contributed by atoms with Gasteiger partial charge in [0.2, 0.25) is 0 Å². The van der Waals surface area contributed by atoms with Crippen molar-refractivity contribution in [3.05, 3.63) is 70.3 Å². The molecule has 0 N–H and O–H groups in total. The van der Waals surface area contributed by atoms with Crippen molar-refractivity contribution in [1.82, 2.24) is 0 Å². The first-order valence-corrected chi connectivity index (χ1v) is 10.9. The predicted molar refractivity (Wildman–Crippen MR) is 109 cm³/mol. The van der Waals surface area contributed by atoms with E-state index < -0.39 is 23.4 Å². The molecule has 0 amide bonds. The zero-order valence-electron chi connectivity index (χ0n) is 17.4. The highest BCUT2D eigenvalue weighted by atomic mass is 19.4. The molecular formula is C25H29F5. The van der Waals surface area contributed by atoms with Gasteiger partial charge in [-0.2, -0.15) is 13.2 Å². The van der Waals surface area contributed by atoms with Gasteiger partial charge in [-0.25, -0.2) is 8.78 Å². The van der Waals surface area contributed by atoms with Crippen molar-refractivity contribution in [3.63, 3.8) is 0 Å². The lowest BCUT2D eigenvalue weighted by Gasteiger charge is -2.29. The van der Waals surface area contributed by atoms with Crippen LogP contribution < -0.4 is 0 Å². The molecule has 1 saturated carbocycles. The van der Waals surface area contributed by atoms with E-state index in [2.05, 4.69) is 6.92 Å². The molecule has 1 aliphatic carbocycles. The first-order chi connectivity index (χ1) is 14.3. The first-order valence-electron chi connectivity index (χ1n) is 10.9. The summed E-state index contributed by atoms with van der Waals surface area (Å²) in [4.78, 5) is 0. The number of rotatable bonds is 7. The monoisotopic (exact) mass is 424 g/mol. The Balaban J connectivity index is 1.64. The van der Waals surface area contributed by atoms with Crippen molar-refractivity contribution < 1.29 is 22.0 Å². The van der Waals surface area contributed by atoms with Crippen LogP contribution in [0, 0.1) is 17.6 Å². The molecule has 0 aromatic heterocycles. The van der Waals surface area contributed by atoms with Gasteiger partial charge in [0.25, 0.3) is 0 Å². The summed E-state index contributed by atoms with van der Waals surface area (Å²) in [6, 6.07) is 7.27. The van der Waals surface area contributed by atoms with Crippen LogP contribution in [0.1, 0.15) is 86.5 Å². The third-order valence-electron chi connectivity index (χ3n) is 6.36. The summed E-state index contributed by atoms with van der Waals surface area (Å²) in [5, 5.41) is 0. The minimum atomic E-state index is -4.42. The van der Waals surface area contributed by atoms with Crippen molar-refractivity contribution in [3.8, 4) is 0 Å². The second-order valence-corrected chi connectivity index (χ2v) is 8.55. The molecule has 0 radical (unpaired) electrons. The number of halogens is 5. The Morgan fingerprint density at radius 1 is 0.867 bits per heavy atom.